The number of allylic oxidation sites excluding steroid dienone is 8. The van der Waals surface area contributed by atoms with Crippen LogP contribution in [-0.4, -0.2) is 11.8 Å². The minimum Gasteiger partial charge on any atom is -0.122 e. The van der Waals surface area contributed by atoms with Crippen molar-refractivity contribution in [3.63, 3.8) is 0 Å². The van der Waals surface area contributed by atoms with Crippen molar-refractivity contribution >= 4 is 23.2 Å². The quantitative estimate of drug-likeness (QED) is 0.310. The summed E-state index contributed by atoms with van der Waals surface area (Å²) in [4.78, 5) is 0. The second-order valence-corrected chi connectivity index (χ2v) is 6.67. The third kappa shape index (κ3) is 21.8. The van der Waals surface area contributed by atoms with E-state index in [0.717, 1.165) is 25.7 Å². The van der Waals surface area contributed by atoms with Gasteiger partial charge in [-0.2, -0.15) is 0 Å². The average Bonchev–Trinajstić information content (AvgIpc) is 2.39. The standard InChI is InChI=1S/2C10H17Cl/c2*1-9(2)5-4-6-10(3)7-8-11/h2*5,7H,4,6,8H2,1-3H3/b2*10-7+. The van der Waals surface area contributed by atoms with Crippen LogP contribution in [-0.2, 0) is 0 Å². The second-order valence-electron chi connectivity index (χ2n) is 6.05. The first-order valence-electron chi connectivity index (χ1n) is 8.03. The van der Waals surface area contributed by atoms with Gasteiger partial charge in [-0.3, -0.25) is 0 Å². The van der Waals surface area contributed by atoms with E-state index in [1.807, 2.05) is 0 Å². The molecular weight excluding hydrogens is 311 g/mol. The molecule has 0 N–H and O–H groups in total. The van der Waals surface area contributed by atoms with Crippen LogP contribution in [0.25, 0.3) is 0 Å². The fraction of sp³-hybridized carbons (Fsp3) is 0.600. The highest BCUT2D eigenvalue weighted by molar-refractivity contribution is 6.19. The lowest BCUT2D eigenvalue weighted by Crippen LogP contribution is -1.77. The van der Waals surface area contributed by atoms with E-state index in [9.17, 15) is 0 Å². The fourth-order valence-electron chi connectivity index (χ4n) is 1.64. The molecule has 0 fully saturated rings. The number of hydrogen-bond donors (Lipinski definition) is 0. The van der Waals surface area contributed by atoms with Crippen molar-refractivity contribution in [1.29, 1.82) is 0 Å². The first-order chi connectivity index (χ1) is 10.3. The van der Waals surface area contributed by atoms with Crippen molar-refractivity contribution < 1.29 is 0 Å². The minimum absolute atomic E-state index is 0.640. The van der Waals surface area contributed by atoms with Crippen LogP contribution in [0.5, 0.6) is 0 Å². The summed E-state index contributed by atoms with van der Waals surface area (Å²) in [6.45, 7) is 12.8. The zero-order chi connectivity index (χ0) is 17.4. The Hall–Kier alpha value is -0.460. The second kappa shape index (κ2) is 16.9. The van der Waals surface area contributed by atoms with E-state index in [0.29, 0.717) is 11.8 Å². The maximum atomic E-state index is 5.55. The summed E-state index contributed by atoms with van der Waals surface area (Å²) in [6, 6.07) is 0. The molecule has 0 aromatic rings. The molecule has 0 amide bonds. The molecule has 0 aromatic heterocycles. The van der Waals surface area contributed by atoms with Gasteiger partial charge in [-0.15, -0.1) is 23.2 Å². The van der Waals surface area contributed by atoms with E-state index in [4.69, 9.17) is 23.2 Å². The molecule has 0 saturated carbocycles. The van der Waals surface area contributed by atoms with Crippen LogP contribution in [0.3, 0.4) is 0 Å². The lowest BCUT2D eigenvalue weighted by molar-refractivity contribution is 0.964. The van der Waals surface area contributed by atoms with E-state index >= 15 is 0 Å². The first-order valence-corrected chi connectivity index (χ1v) is 9.10. The van der Waals surface area contributed by atoms with Crippen LogP contribution in [0.15, 0.2) is 46.6 Å². The van der Waals surface area contributed by atoms with Gasteiger partial charge >= 0.3 is 0 Å². The smallest absolute Gasteiger partial charge is 0.0406 e. The van der Waals surface area contributed by atoms with Crippen molar-refractivity contribution in [1.82, 2.24) is 0 Å². The monoisotopic (exact) mass is 344 g/mol. The molecule has 0 rings (SSSR count). The molecule has 2 heteroatoms. The molecule has 0 nitrogen and oxygen atoms in total. The van der Waals surface area contributed by atoms with E-state index in [-0.39, 0.29) is 0 Å². The van der Waals surface area contributed by atoms with Gasteiger partial charge in [-0.25, -0.2) is 0 Å². The summed E-state index contributed by atoms with van der Waals surface area (Å²) >= 11 is 11.1. The minimum atomic E-state index is 0.640. The molecule has 22 heavy (non-hydrogen) atoms. The third-order valence-electron chi connectivity index (χ3n) is 3.03. The summed E-state index contributed by atoms with van der Waals surface area (Å²) in [5, 5.41) is 0. The molecule has 0 aliphatic heterocycles. The van der Waals surface area contributed by atoms with Crippen LogP contribution in [0.1, 0.15) is 67.2 Å². The Morgan fingerprint density at radius 2 is 0.909 bits per heavy atom. The predicted molar refractivity (Wildman–Crippen MR) is 106 cm³/mol. The highest BCUT2D eigenvalue weighted by Gasteiger charge is 1.87. The molecule has 0 heterocycles. The van der Waals surface area contributed by atoms with Crippen molar-refractivity contribution in [3.8, 4) is 0 Å². The molecule has 0 saturated heterocycles. The van der Waals surface area contributed by atoms with Gasteiger partial charge in [0.2, 0.25) is 0 Å². The molecular formula is C20H34Cl2. The van der Waals surface area contributed by atoms with Gasteiger partial charge in [0, 0.05) is 11.8 Å². The van der Waals surface area contributed by atoms with Crippen LogP contribution < -0.4 is 0 Å². The molecule has 0 spiro atoms. The van der Waals surface area contributed by atoms with Crippen LogP contribution in [0.2, 0.25) is 0 Å². The van der Waals surface area contributed by atoms with Gasteiger partial charge in [0.15, 0.2) is 0 Å². The maximum Gasteiger partial charge on any atom is 0.0406 e. The Morgan fingerprint density at radius 1 is 0.591 bits per heavy atom. The lowest BCUT2D eigenvalue weighted by atomic mass is 10.1. The Morgan fingerprint density at radius 3 is 1.14 bits per heavy atom. The van der Waals surface area contributed by atoms with Crippen molar-refractivity contribution in [3.05, 3.63) is 46.6 Å². The molecule has 0 aromatic carbocycles. The SMILES string of the molecule is CC(C)=CCC/C(C)=C/CCl.CC(C)=CCC/C(C)=C/CCl. The molecule has 0 radical (unpaired) electrons. The Bertz CT molecular complexity index is 339. The van der Waals surface area contributed by atoms with E-state index in [1.54, 1.807) is 0 Å². The number of rotatable bonds is 8. The number of hydrogen-bond acceptors (Lipinski definition) is 0. The van der Waals surface area contributed by atoms with Crippen molar-refractivity contribution in [2.45, 2.75) is 67.2 Å². The highest BCUT2D eigenvalue weighted by Crippen LogP contribution is 2.07. The molecule has 0 bridgehead atoms. The summed E-state index contributed by atoms with van der Waals surface area (Å²) < 4.78 is 0. The Kier molecular flexibility index (Phi) is 18.3. The third-order valence-corrected chi connectivity index (χ3v) is 3.34. The lowest BCUT2D eigenvalue weighted by Gasteiger charge is -1.96. The van der Waals surface area contributed by atoms with E-state index in [1.165, 1.54) is 22.3 Å². The normalized spacial score (nSPS) is 11.5. The topological polar surface area (TPSA) is 0 Å². The van der Waals surface area contributed by atoms with Crippen molar-refractivity contribution in [2.24, 2.45) is 0 Å². The highest BCUT2D eigenvalue weighted by atomic mass is 35.5. The number of alkyl halides is 2. The van der Waals surface area contributed by atoms with Crippen LogP contribution in [0.4, 0.5) is 0 Å². The Labute approximate surface area is 149 Å². The number of halogens is 2. The van der Waals surface area contributed by atoms with Gasteiger partial charge in [0.25, 0.3) is 0 Å². The molecule has 0 aliphatic carbocycles. The maximum absolute atomic E-state index is 5.55. The molecule has 0 aliphatic rings. The summed E-state index contributed by atoms with van der Waals surface area (Å²) in [6.07, 6.45) is 13.2. The Balaban J connectivity index is 0. The zero-order valence-corrected chi connectivity index (χ0v) is 16.8. The van der Waals surface area contributed by atoms with Crippen LogP contribution in [0, 0.1) is 0 Å². The predicted octanol–water partition coefficient (Wildman–Crippen LogP) is 7.84. The summed E-state index contributed by atoms with van der Waals surface area (Å²) in [7, 11) is 0. The molecule has 0 unspecified atom stereocenters. The summed E-state index contributed by atoms with van der Waals surface area (Å²) in [5.74, 6) is 1.28. The van der Waals surface area contributed by atoms with E-state index < -0.39 is 0 Å². The van der Waals surface area contributed by atoms with Gasteiger partial charge in [-0.05, 0) is 67.2 Å². The summed E-state index contributed by atoms with van der Waals surface area (Å²) in [5.41, 5.74) is 5.56. The molecule has 128 valence electrons. The first kappa shape index (κ1) is 23.8. The van der Waals surface area contributed by atoms with Gasteiger partial charge in [0.05, 0.1) is 0 Å². The van der Waals surface area contributed by atoms with Gasteiger partial charge in [-0.1, -0.05) is 46.6 Å². The van der Waals surface area contributed by atoms with Gasteiger partial charge in [0.1, 0.15) is 0 Å². The largest absolute Gasteiger partial charge is 0.122 e. The van der Waals surface area contributed by atoms with Gasteiger partial charge < -0.3 is 0 Å². The van der Waals surface area contributed by atoms with Crippen molar-refractivity contribution in [2.75, 3.05) is 11.8 Å². The van der Waals surface area contributed by atoms with Crippen LogP contribution >= 0.6 is 23.2 Å². The molecule has 0 atom stereocenters. The van der Waals surface area contributed by atoms with E-state index in [2.05, 4.69) is 65.8 Å². The zero-order valence-electron chi connectivity index (χ0n) is 15.3. The fourth-order valence-corrected chi connectivity index (χ4v) is 2.17. The average molecular weight is 345 g/mol.